The molecule has 84 valence electrons. The predicted octanol–water partition coefficient (Wildman–Crippen LogP) is 1.46. The first-order valence-corrected chi connectivity index (χ1v) is 5.80. The van der Waals surface area contributed by atoms with Crippen molar-refractivity contribution in [3.63, 3.8) is 0 Å². The summed E-state index contributed by atoms with van der Waals surface area (Å²) < 4.78 is 1.70. The zero-order valence-electron chi connectivity index (χ0n) is 8.79. The molecule has 15 heavy (non-hydrogen) atoms. The highest BCUT2D eigenvalue weighted by Crippen LogP contribution is 1.89. The van der Waals surface area contributed by atoms with Crippen LogP contribution in [0.25, 0.3) is 0 Å². The lowest BCUT2D eigenvalue weighted by molar-refractivity contribution is 0.571. The van der Waals surface area contributed by atoms with Gasteiger partial charge in [-0.2, -0.15) is 0 Å². The van der Waals surface area contributed by atoms with E-state index in [0.717, 1.165) is 38.4 Å². The molecule has 0 spiro atoms. The van der Waals surface area contributed by atoms with Gasteiger partial charge < -0.3 is 9.88 Å². The molecule has 0 amide bonds. The molecule has 0 saturated heterocycles. The van der Waals surface area contributed by atoms with E-state index in [2.05, 4.69) is 5.32 Å². The molecule has 0 aliphatic rings. The molecule has 4 heteroatoms. The van der Waals surface area contributed by atoms with Crippen LogP contribution in [0.15, 0.2) is 29.2 Å². The summed E-state index contributed by atoms with van der Waals surface area (Å²) in [6, 6.07) is 5.20. The summed E-state index contributed by atoms with van der Waals surface area (Å²) in [5, 5.41) is 3.28. The highest BCUT2D eigenvalue weighted by Gasteiger charge is 1.93. The number of rotatable bonds is 7. The van der Waals surface area contributed by atoms with E-state index in [-0.39, 0.29) is 5.56 Å². The van der Waals surface area contributed by atoms with Crippen molar-refractivity contribution >= 4 is 11.6 Å². The van der Waals surface area contributed by atoms with Crippen LogP contribution in [0, 0.1) is 0 Å². The van der Waals surface area contributed by atoms with Crippen molar-refractivity contribution in [3.8, 4) is 0 Å². The molecule has 1 aromatic rings. The van der Waals surface area contributed by atoms with Gasteiger partial charge in [-0.05, 0) is 25.5 Å². The highest BCUT2D eigenvalue weighted by molar-refractivity contribution is 6.17. The minimum absolute atomic E-state index is 0.0556. The Hall–Kier alpha value is -0.800. The molecule has 0 aliphatic heterocycles. The van der Waals surface area contributed by atoms with Crippen LogP contribution in [0.2, 0.25) is 0 Å². The van der Waals surface area contributed by atoms with Gasteiger partial charge in [-0.25, -0.2) is 0 Å². The molecule has 0 saturated carbocycles. The van der Waals surface area contributed by atoms with Crippen LogP contribution in [-0.4, -0.2) is 23.5 Å². The molecular weight excluding hydrogens is 212 g/mol. The fourth-order valence-corrected chi connectivity index (χ4v) is 1.50. The third-order valence-corrected chi connectivity index (χ3v) is 2.43. The maximum atomic E-state index is 11.3. The average Bonchev–Trinajstić information content (AvgIpc) is 2.25. The summed E-state index contributed by atoms with van der Waals surface area (Å²) >= 11 is 5.56. The van der Waals surface area contributed by atoms with Crippen LogP contribution >= 0.6 is 11.6 Å². The third kappa shape index (κ3) is 5.00. The Labute approximate surface area is 95.1 Å². The van der Waals surface area contributed by atoms with E-state index < -0.39 is 0 Å². The van der Waals surface area contributed by atoms with Crippen molar-refractivity contribution in [2.24, 2.45) is 0 Å². The Morgan fingerprint density at radius 2 is 2.13 bits per heavy atom. The molecular formula is C11H17ClN2O. The molecule has 0 atom stereocenters. The van der Waals surface area contributed by atoms with Gasteiger partial charge in [0.15, 0.2) is 0 Å². The van der Waals surface area contributed by atoms with E-state index in [4.69, 9.17) is 11.6 Å². The van der Waals surface area contributed by atoms with Gasteiger partial charge in [0.1, 0.15) is 0 Å². The molecule has 0 radical (unpaired) electrons. The van der Waals surface area contributed by atoms with Crippen molar-refractivity contribution in [2.75, 3.05) is 19.0 Å². The molecule has 0 aromatic carbocycles. The summed E-state index contributed by atoms with van der Waals surface area (Å²) in [5.41, 5.74) is 0.0556. The molecule has 1 heterocycles. The number of hydrogen-bond donors (Lipinski definition) is 1. The van der Waals surface area contributed by atoms with Gasteiger partial charge in [-0.15, -0.1) is 11.6 Å². The summed E-state index contributed by atoms with van der Waals surface area (Å²) in [5.74, 6) is 0.722. The topological polar surface area (TPSA) is 34.0 Å². The summed E-state index contributed by atoms with van der Waals surface area (Å²) in [6.07, 6.45) is 3.94. The molecule has 1 rings (SSSR count). The molecule has 1 N–H and O–H groups in total. The summed E-state index contributed by atoms with van der Waals surface area (Å²) in [6.45, 7) is 2.51. The number of hydrogen-bond acceptors (Lipinski definition) is 2. The lowest BCUT2D eigenvalue weighted by Gasteiger charge is -2.06. The van der Waals surface area contributed by atoms with Gasteiger partial charge in [0.05, 0.1) is 0 Å². The van der Waals surface area contributed by atoms with Crippen LogP contribution in [-0.2, 0) is 6.54 Å². The predicted molar refractivity (Wildman–Crippen MR) is 63.5 cm³/mol. The van der Waals surface area contributed by atoms with Crippen LogP contribution in [0.3, 0.4) is 0 Å². The molecule has 0 bridgehead atoms. The number of alkyl halides is 1. The van der Waals surface area contributed by atoms with Crippen molar-refractivity contribution in [1.82, 2.24) is 9.88 Å². The number of pyridine rings is 1. The monoisotopic (exact) mass is 228 g/mol. The molecule has 0 unspecified atom stereocenters. The number of aromatic nitrogens is 1. The van der Waals surface area contributed by atoms with Crippen LogP contribution in [0.5, 0.6) is 0 Å². The van der Waals surface area contributed by atoms with Gasteiger partial charge in [-0.1, -0.05) is 6.07 Å². The third-order valence-electron chi connectivity index (χ3n) is 2.17. The quantitative estimate of drug-likeness (QED) is 0.566. The maximum Gasteiger partial charge on any atom is 0.250 e. The Bertz CT molecular complexity index is 324. The smallest absolute Gasteiger partial charge is 0.250 e. The second kappa shape index (κ2) is 7.49. The van der Waals surface area contributed by atoms with Crippen LogP contribution in [0.1, 0.15) is 12.8 Å². The van der Waals surface area contributed by atoms with Crippen molar-refractivity contribution in [3.05, 3.63) is 34.7 Å². The van der Waals surface area contributed by atoms with E-state index in [1.807, 2.05) is 12.3 Å². The van der Waals surface area contributed by atoms with Crippen LogP contribution < -0.4 is 10.9 Å². The van der Waals surface area contributed by atoms with E-state index in [0.29, 0.717) is 0 Å². The first kappa shape index (κ1) is 12.3. The number of nitrogens with one attached hydrogen (secondary N) is 1. The first-order chi connectivity index (χ1) is 7.34. The number of nitrogens with zero attached hydrogens (tertiary/aromatic N) is 1. The fraction of sp³-hybridized carbons (Fsp3) is 0.545. The lowest BCUT2D eigenvalue weighted by atomic mass is 10.3. The normalized spacial score (nSPS) is 10.5. The van der Waals surface area contributed by atoms with Crippen LogP contribution in [0.4, 0.5) is 0 Å². The van der Waals surface area contributed by atoms with Gasteiger partial charge in [0, 0.05) is 31.2 Å². The molecule has 0 fully saturated rings. The number of unbranched alkanes of at least 4 members (excludes halogenated alkanes) is 1. The second-order valence-electron chi connectivity index (χ2n) is 3.38. The average molecular weight is 229 g/mol. The Morgan fingerprint density at radius 1 is 1.27 bits per heavy atom. The minimum atomic E-state index is 0.0556. The SMILES string of the molecule is O=c1ccccn1CCNCCCCCl. The molecule has 0 aliphatic carbocycles. The maximum absolute atomic E-state index is 11.3. The molecule has 1 aromatic heterocycles. The second-order valence-corrected chi connectivity index (χ2v) is 3.76. The van der Waals surface area contributed by atoms with Crippen molar-refractivity contribution in [1.29, 1.82) is 0 Å². The van der Waals surface area contributed by atoms with Gasteiger partial charge >= 0.3 is 0 Å². The van der Waals surface area contributed by atoms with E-state index in [9.17, 15) is 4.79 Å². The largest absolute Gasteiger partial charge is 0.315 e. The van der Waals surface area contributed by atoms with Gasteiger partial charge in [-0.3, -0.25) is 4.79 Å². The standard InChI is InChI=1S/C11H17ClN2O/c12-6-2-3-7-13-8-10-14-9-4-1-5-11(14)15/h1,4-5,9,13H,2-3,6-8,10H2. The van der Waals surface area contributed by atoms with E-state index in [1.165, 1.54) is 0 Å². The van der Waals surface area contributed by atoms with Crippen molar-refractivity contribution in [2.45, 2.75) is 19.4 Å². The zero-order valence-corrected chi connectivity index (χ0v) is 9.54. The first-order valence-electron chi connectivity index (χ1n) is 5.27. The molecule has 3 nitrogen and oxygen atoms in total. The van der Waals surface area contributed by atoms with E-state index >= 15 is 0 Å². The summed E-state index contributed by atoms with van der Waals surface area (Å²) in [4.78, 5) is 11.3. The van der Waals surface area contributed by atoms with Gasteiger partial charge in [0.2, 0.25) is 0 Å². The fourth-order valence-electron chi connectivity index (χ4n) is 1.31. The van der Waals surface area contributed by atoms with Crippen molar-refractivity contribution < 1.29 is 0 Å². The summed E-state index contributed by atoms with van der Waals surface area (Å²) in [7, 11) is 0. The Kier molecular flexibility index (Phi) is 6.12. The lowest BCUT2D eigenvalue weighted by Crippen LogP contribution is -2.26. The highest BCUT2D eigenvalue weighted by atomic mass is 35.5. The Balaban J connectivity index is 2.15. The van der Waals surface area contributed by atoms with E-state index in [1.54, 1.807) is 16.7 Å². The number of halogens is 1. The minimum Gasteiger partial charge on any atom is -0.315 e. The van der Waals surface area contributed by atoms with Gasteiger partial charge in [0.25, 0.3) is 5.56 Å². The zero-order chi connectivity index (χ0) is 10.9. The Morgan fingerprint density at radius 3 is 2.87 bits per heavy atom.